The molecule has 1 aliphatic rings. The van der Waals surface area contributed by atoms with Crippen molar-refractivity contribution in [1.82, 2.24) is 9.80 Å². The van der Waals surface area contributed by atoms with Crippen molar-refractivity contribution in [1.29, 1.82) is 0 Å². The van der Waals surface area contributed by atoms with Gasteiger partial charge in [0.1, 0.15) is 0 Å². The Morgan fingerprint density at radius 1 is 0.818 bits per heavy atom. The van der Waals surface area contributed by atoms with E-state index >= 15 is 0 Å². The van der Waals surface area contributed by atoms with E-state index in [1.165, 1.54) is 44.9 Å². The molecule has 1 atom stereocenters. The minimum Gasteiger partial charge on any atom is -0.340 e. The van der Waals surface area contributed by atoms with Gasteiger partial charge in [-0.1, -0.05) is 65.7 Å². The predicted molar refractivity (Wildman–Crippen MR) is 95.1 cm³/mol. The standard InChI is InChI=1S/C19H38N2O/c1-4-7-9-10-11-13-18(12-8-5-2)19(22)21-16-14-20(6-3)15-17-21/h18H,4-17H2,1-3H3. The first-order valence-corrected chi connectivity index (χ1v) is 9.74. The van der Waals surface area contributed by atoms with Gasteiger partial charge in [-0.25, -0.2) is 0 Å². The molecule has 0 spiro atoms. The largest absolute Gasteiger partial charge is 0.340 e. The maximum Gasteiger partial charge on any atom is 0.225 e. The van der Waals surface area contributed by atoms with Crippen LogP contribution >= 0.6 is 0 Å². The lowest BCUT2D eigenvalue weighted by Crippen LogP contribution is -2.50. The van der Waals surface area contributed by atoms with Crippen molar-refractivity contribution in [2.24, 2.45) is 5.92 Å². The smallest absolute Gasteiger partial charge is 0.225 e. The quantitative estimate of drug-likeness (QED) is 0.531. The Bertz CT molecular complexity index is 285. The molecule has 0 bridgehead atoms. The lowest BCUT2D eigenvalue weighted by atomic mass is 9.93. The van der Waals surface area contributed by atoms with E-state index in [4.69, 9.17) is 0 Å². The molecule has 22 heavy (non-hydrogen) atoms. The molecular weight excluding hydrogens is 272 g/mol. The van der Waals surface area contributed by atoms with Crippen molar-refractivity contribution < 1.29 is 4.79 Å². The molecule has 1 unspecified atom stereocenters. The fraction of sp³-hybridized carbons (Fsp3) is 0.947. The first-order valence-electron chi connectivity index (χ1n) is 9.74. The fourth-order valence-corrected chi connectivity index (χ4v) is 3.38. The number of unbranched alkanes of at least 4 members (excludes halogenated alkanes) is 5. The summed E-state index contributed by atoms with van der Waals surface area (Å²) < 4.78 is 0. The molecule has 130 valence electrons. The molecule has 0 aromatic rings. The van der Waals surface area contributed by atoms with Crippen molar-refractivity contribution in [2.45, 2.75) is 78.6 Å². The van der Waals surface area contributed by atoms with Crippen LogP contribution in [-0.4, -0.2) is 48.4 Å². The van der Waals surface area contributed by atoms with E-state index in [-0.39, 0.29) is 5.92 Å². The number of likely N-dealkylation sites (N-methyl/N-ethyl adjacent to an activating group) is 1. The van der Waals surface area contributed by atoms with E-state index in [0.717, 1.165) is 45.6 Å². The SMILES string of the molecule is CCCCCCCC(CCCC)C(=O)N1CCN(CC)CC1. The Balaban J connectivity index is 2.38. The van der Waals surface area contributed by atoms with Crippen LogP contribution < -0.4 is 0 Å². The third kappa shape index (κ3) is 7.13. The Kier molecular flexibility index (Phi) is 10.6. The van der Waals surface area contributed by atoms with Crippen LogP contribution in [0.2, 0.25) is 0 Å². The maximum absolute atomic E-state index is 12.8. The number of nitrogens with zero attached hydrogens (tertiary/aromatic N) is 2. The minimum atomic E-state index is 0.287. The zero-order valence-corrected chi connectivity index (χ0v) is 15.3. The maximum atomic E-state index is 12.8. The van der Waals surface area contributed by atoms with Crippen LogP contribution in [0.1, 0.15) is 78.6 Å². The molecule has 0 saturated carbocycles. The fourth-order valence-electron chi connectivity index (χ4n) is 3.38. The molecule has 1 fully saturated rings. The van der Waals surface area contributed by atoms with Gasteiger partial charge in [-0.2, -0.15) is 0 Å². The Labute approximate surface area is 138 Å². The van der Waals surface area contributed by atoms with E-state index < -0.39 is 0 Å². The summed E-state index contributed by atoms with van der Waals surface area (Å²) >= 11 is 0. The number of hydrogen-bond donors (Lipinski definition) is 0. The molecule has 1 rings (SSSR count). The molecule has 1 heterocycles. The summed E-state index contributed by atoms with van der Waals surface area (Å²) in [6, 6.07) is 0. The van der Waals surface area contributed by atoms with E-state index in [2.05, 4.69) is 30.6 Å². The van der Waals surface area contributed by atoms with Crippen molar-refractivity contribution in [3.05, 3.63) is 0 Å². The van der Waals surface area contributed by atoms with Crippen LogP contribution in [-0.2, 0) is 4.79 Å². The van der Waals surface area contributed by atoms with E-state index in [1.54, 1.807) is 0 Å². The first kappa shape index (κ1) is 19.5. The Hall–Kier alpha value is -0.570. The van der Waals surface area contributed by atoms with E-state index in [9.17, 15) is 4.79 Å². The molecule has 3 heteroatoms. The van der Waals surface area contributed by atoms with Gasteiger partial charge in [0, 0.05) is 32.1 Å². The molecular formula is C19H38N2O. The molecule has 0 aromatic heterocycles. The highest BCUT2D eigenvalue weighted by molar-refractivity contribution is 5.78. The van der Waals surface area contributed by atoms with Gasteiger partial charge in [0.2, 0.25) is 5.91 Å². The summed E-state index contributed by atoms with van der Waals surface area (Å²) in [6.07, 6.45) is 11.1. The summed E-state index contributed by atoms with van der Waals surface area (Å²) in [5.74, 6) is 0.731. The van der Waals surface area contributed by atoms with Crippen LogP contribution in [0.3, 0.4) is 0 Å². The molecule has 1 amide bonds. The number of amides is 1. The highest BCUT2D eigenvalue weighted by Gasteiger charge is 2.26. The number of carbonyl (C=O) groups is 1. The van der Waals surface area contributed by atoms with Crippen molar-refractivity contribution >= 4 is 5.91 Å². The van der Waals surface area contributed by atoms with Crippen LogP contribution in [0.25, 0.3) is 0 Å². The first-order chi connectivity index (χ1) is 10.7. The molecule has 0 aromatic carbocycles. The zero-order chi connectivity index (χ0) is 16.2. The highest BCUT2D eigenvalue weighted by atomic mass is 16.2. The monoisotopic (exact) mass is 310 g/mol. The predicted octanol–water partition coefficient (Wildman–Crippen LogP) is 4.32. The van der Waals surface area contributed by atoms with Crippen LogP contribution in [0.4, 0.5) is 0 Å². The summed E-state index contributed by atoms with van der Waals surface area (Å²) in [4.78, 5) is 17.4. The molecule has 1 aliphatic heterocycles. The second kappa shape index (κ2) is 11.9. The number of piperazine rings is 1. The number of hydrogen-bond acceptors (Lipinski definition) is 2. The minimum absolute atomic E-state index is 0.287. The van der Waals surface area contributed by atoms with Gasteiger partial charge in [0.05, 0.1) is 0 Å². The third-order valence-electron chi connectivity index (χ3n) is 5.04. The van der Waals surface area contributed by atoms with Gasteiger partial charge >= 0.3 is 0 Å². The molecule has 0 aliphatic carbocycles. The second-order valence-corrected chi connectivity index (χ2v) is 6.80. The topological polar surface area (TPSA) is 23.6 Å². The lowest BCUT2D eigenvalue weighted by Gasteiger charge is -2.36. The zero-order valence-electron chi connectivity index (χ0n) is 15.3. The van der Waals surface area contributed by atoms with Gasteiger partial charge in [-0.15, -0.1) is 0 Å². The Morgan fingerprint density at radius 2 is 1.41 bits per heavy atom. The van der Waals surface area contributed by atoms with E-state index in [1.807, 2.05) is 0 Å². The molecule has 3 nitrogen and oxygen atoms in total. The average molecular weight is 311 g/mol. The summed E-state index contributed by atoms with van der Waals surface area (Å²) in [6.45, 7) is 11.8. The normalized spacial score (nSPS) is 17.7. The van der Waals surface area contributed by atoms with Gasteiger partial charge in [-0.3, -0.25) is 4.79 Å². The molecule has 1 saturated heterocycles. The van der Waals surface area contributed by atoms with Gasteiger partial charge in [0.25, 0.3) is 0 Å². The van der Waals surface area contributed by atoms with Crippen LogP contribution in [0, 0.1) is 5.92 Å². The van der Waals surface area contributed by atoms with Gasteiger partial charge < -0.3 is 9.80 Å². The third-order valence-corrected chi connectivity index (χ3v) is 5.04. The van der Waals surface area contributed by atoms with Crippen LogP contribution in [0.5, 0.6) is 0 Å². The van der Waals surface area contributed by atoms with Gasteiger partial charge in [-0.05, 0) is 19.4 Å². The molecule has 0 radical (unpaired) electrons. The number of rotatable bonds is 11. The van der Waals surface area contributed by atoms with Crippen molar-refractivity contribution in [2.75, 3.05) is 32.7 Å². The van der Waals surface area contributed by atoms with Gasteiger partial charge in [0.15, 0.2) is 0 Å². The van der Waals surface area contributed by atoms with Crippen LogP contribution in [0.15, 0.2) is 0 Å². The lowest BCUT2D eigenvalue weighted by molar-refractivity contribution is -0.137. The van der Waals surface area contributed by atoms with E-state index in [0.29, 0.717) is 5.91 Å². The average Bonchev–Trinajstić information content (AvgIpc) is 2.57. The van der Waals surface area contributed by atoms with Crippen molar-refractivity contribution in [3.8, 4) is 0 Å². The Morgan fingerprint density at radius 3 is 2.00 bits per heavy atom. The summed E-state index contributed by atoms with van der Waals surface area (Å²) in [5, 5.41) is 0. The highest BCUT2D eigenvalue weighted by Crippen LogP contribution is 2.21. The number of carbonyl (C=O) groups excluding carboxylic acids is 1. The molecule has 0 N–H and O–H groups in total. The summed E-state index contributed by atoms with van der Waals surface area (Å²) in [5.41, 5.74) is 0. The summed E-state index contributed by atoms with van der Waals surface area (Å²) in [7, 11) is 0. The second-order valence-electron chi connectivity index (χ2n) is 6.80. The van der Waals surface area contributed by atoms with Crippen molar-refractivity contribution in [3.63, 3.8) is 0 Å².